The van der Waals surface area contributed by atoms with Gasteiger partial charge in [0.05, 0.1) is 24.6 Å². The molecule has 2 aromatic heterocycles. The minimum absolute atomic E-state index is 0.293. The van der Waals surface area contributed by atoms with Crippen molar-refractivity contribution in [2.75, 3.05) is 18.0 Å². The zero-order valence-corrected chi connectivity index (χ0v) is 13.9. The molecule has 5 heteroatoms. The second kappa shape index (κ2) is 5.91. The summed E-state index contributed by atoms with van der Waals surface area (Å²) in [6.07, 6.45) is 4.20. The zero-order valence-electron chi connectivity index (χ0n) is 13.0. The molecule has 118 valence electrons. The maximum absolute atomic E-state index is 5.95. The number of hydrogen-bond acceptors (Lipinski definition) is 4. The number of benzene rings is 1. The van der Waals surface area contributed by atoms with Crippen LogP contribution in [0, 0.1) is 6.92 Å². The van der Waals surface area contributed by atoms with E-state index in [0.29, 0.717) is 12.7 Å². The Bertz CT molecular complexity index is 825. The molecule has 1 saturated heterocycles. The average Bonchev–Trinajstić information content (AvgIpc) is 2.81. The van der Waals surface area contributed by atoms with Gasteiger partial charge >= 0.3 is 0 Å². The quantitative estimate of drug-likeness (QED) is 0.745. The molecule has 0 spiro atoms. The first-order chi connectivity index (χ1) is 11.2. The maximum Gasteiger partial charge on any atom is 0.150 e. The third-order valence-electron chi connectivity index (χ3n) is 4.35. The Morgan fingerprint density at radius 3 is 2.83 bits per heavy atom. The molecule has 3 heterocycles. The van der Waals surface area contributed by atoms with Crippen LogP contribution in [0.4, 0.5) is 5.69 Å². The second-order valence-electron chi connectivity index (χ2n) is 6.04. The summed E-state index contributed by atoms with van der Waals surface area (Å²) in [5.74, 6) is 0. The predicted octanol–water partition coefficient (Wildman–Crippen LogP) is 3.44. The van der Waals surface area contributed by atoms with Crippen LogP contribution in [0.1, 0.15) is 11.1 Å². The lowest BCUT2D eigenvalue weighted by Gasteiger charge is -2.40. The molecular formula is C18H19N3OS. The lowest BCUT2D eigenvalue weighted by atomic mass is 10.1. The maximum atomic E-state index is 5.95. The van der Waals surface area contributed by atoms with Crippen LogP contribution >= 0.6 is 12.8 Å². The molecule has 0 bridgehead atoms. The Balaban J connectivity index is 1.39. The van der Waals surface area contributed by atoms with Gasteiger partial charge in [0.1, 0.15) is 5.65 Å². The Kier molecular flexibility index (Phi) is 3.75. The Labute approximate surface area is 141 Å². The van der Waals surface area contributed by atoms with E-state index in [1.165, 1.54) is 11.1 Å². The molecule has 3 aromatic rings. The van der Waals surface area contributed by atoms with Crippen LogP contribution in [0.2, 0.25) is 0 Å². The smallest absolute Gasteiger partial charge is 0.150 e. The number of ether oxygens (including phenoxy) is 1. The summed E-state index contributed by atoms with van der Waals surface area (Å²) >= 11 is 4.39. The van der Waals surface area contributed by atoms with Crippen LogP contribution in [0.5, 0.6) is 0 Å². The monoisotopic (exact) mass is 325 g/mol. The van der Waals surface area contributed by atoms with Gasteiger partial charge in [-0.3, -0.25) is 3.97 Å². The first-order valence-electron chi connectivity index (χ1n) is 7.78. The molecule has 0 amide bonds. The molecular weight excluding hydrogens is 306 g/mol. The number of thiol groups is 1. The van der Waals surface area contributed by atoms with Gasteiger partial charge < -0.3 is 9.64 Å². The minimum Gasteiger partial charge on any atom is -0.370 e. The van der Waals surface area contributed by atoms with Crippen molar-refractivity contribution < 1.29 is 4.74 Å². The van der Waals surface area contributed by atoms with Crippen molar-refractivity contribution in [3.63, 3.8) is 0 Å². The predicted molar refractivity (Wildman–Crippen MR) is 96.1 cm³/mol. The Morgan fingerprint density at radius 2 is 2.04 bits per heavy atom. The van der Waals surface area contributed by atoms with Crippen LogP contribution in [0.25, 0.3) is 11.0 Å². The summed E-state index contributed by atoms with van der Waals surface area (Å²) in [7, 11) is 0. The molecule has 0 saturated carbocycles. The number of fused-ring (bicyclic) bond motifs is 1. The van der Waals surface area contributed by atoms with E-state index in [1.54, 1.807) is 3.97 Å². The molecule has 23 heavy (non-hydrogen) atoms. The summed E-state index contributed by atoms with van der Waals surface area (Å²) < 4.78 is 7.73. The zero-order chi connectivity index (χ0) is 15.8. The van der Waals surface area contributed by atoms with E-state index >= 15 is 0 Å². The summed E-state index contributed by atoms with van der Waals surface area (Å²) in [6.45, 7) is 4.60. The number of nitrogens with zero attached hydrogens (tertiary/aromatic N) is 3. The molecule has 0 radical (unpaired) electrons. The number of aryl methyl sites for hydroxylation is 1. The highest BCUT2D eigenvalue weighted by Gasteiger charge is 2.28. The molecule has 0 unspecified atom stereocenters. The molecule has 0 N–H and O–H groups in total. The van der Waals surface area contributed by atoms with Gasteiger partial charge in [0.25, 0.3) is 0 Å². The molecule has 4 rings (SSSR count). The number of hydrogen-bond donors (Lipinski definition) is 1. The SMILES string of the molecule is Cc1cn(S)c2ncc(N3CC(OCc4ccccc4)C3)cc12. The lowest BCUT2D eigenvalue weighted by Crippen LogP contribution is -2.52. The highest BCUT2D eigenvalue weighted by atomic mass is 32.1. The Hall–Kier alpha value is -1.98. The van der Waals surface area contributed by atoms with Crippen molar-refractivity contribution in [1.82, 2.24) is 8.96 Å². The van der Waals surface area contributed by atoms with E-state index < -0.39 is 0 Å². The second-order valence-corrected chi connectivity index (χ2v) is 6.48. The van der Waals surface area contributed by atoms with Gasteiger partial charge in [-0.25, -0.2) is 4.98 Å². The van der Waals surface area contributed by atoms with Gasteiger partial charge in [-0.05, 0) is 24.1 Å². The average molecular weight is 325 g/mol. The van der Waals surface area contributed by atoms with Gasteiger partial charge in [-0.1, -0.05) is 43.1 Å². The molecule has 1 fully saturated rings. The summed E-state index contributed by atoms with van der Waals surface area (Å²) in [4.78, 5) is 6.83. The van der Waals surface area contributed by atoms with Crippen molar-refractivity contribution in [2.45, 2.75) is 19.6 Å². The fourth-order valence-electron chi connectivity index (χ4n) is 2.95. The van der Waals surface area contributed by atoms with E-state index in [0.717, 1.165) is 29.8 Å². The summed E-state index contributed by atoms with van der Waals surface area (Å²) in [5.41, 5.74) is 4.48. The topological polar surface area (TPSA) is 30.3 Å². The normalized spacial score (nSPS) is 15.1. The fourth-order valence-corrected chi connectivity index (χ4v) is 3.28. The van der Waals surface area contributed by atoms with Crippen molar-refractivity contribution in [3.8, 4) is 0 Å². The van der Waals surface area contributed by atoms with E-state index in [1.807, 2.05) is 30.6 Å². The molecule has 1 aliphatic heterocycles. The minimum atomic E-state index is 0.293. The molecule has 0 atom stereocenters. The van der Waals surface area contributed by atoms with Crippen LogP contribution in [0.3, 0.4) is 0 Å². The summed E-state index contributed by atoms with van der Waals surface area (Å²) in [5, 5.41) is 1.16. The third kappa shape index (κ3) is 2.82. The summed E-state index contributed by atoms with van der Waals surface area (Å²) in [6, 6.07) is 12.5. The highest BCUT2D eigenvalue weighted by Crippen LogP contribution is 2.28. The number of anilines is 1. The molecule has 1 aromatic carbocycles. The van der Waals surface area contributed by atoms with Crippen molar-refractivity contribution in [3.05, 3.63) is 59.9 Å². The molecule has 4 nitrogen and oxygen atoms in total. The first-order valence-corrected chi connectivity index (χ1v) is 8.18. The van der Waals surface area contributed by atoms with Crippen LogP contribution < -0.4 is 4.90 Å². The number of aromatic nitrogens is 2. The van der Waals surface area contributed by atoms with E-state index in [-0.39, 0.29) is 0 Å². The van der Waals surface area contributed by atoms with Gasteiger partial charge in [-0.15, -0.1) is 0 Å². The largest absolute Gasteiger partial charge is 0.370 e. The highest BCUT2D eigenvalue weighted by molar-refractivity contribution is 7.78. The van der Waals surface area contributed by atoms with Gasteiger partial charge in [0, 0.05) is 24.7 Å². The lowest BCUT2D eigenvalue weighted by molar-refractivity contribution is 0.0224. The van der Waals surface area contributed by atoms with E-state index in [2.05, 4.69) is 47.8 Å². The van der Waals surface area contributed by atoms with Crippen LogP contribution in [-0.4, -0.2) is 28.1 Å². The number of pyridine rings is 1. The third-order valence-corrected chi connectivity index (χ3v) is 4.66. The van der Waals surface area contributed by atoms with Crippen molar-refractivity contribution in [2.24, 2.45) is 0 Å². The van der Waals surface area contributed by atoms with Crippen molar-refractivity contribution in [1.29, 1.82) is 0 Å². The van der Waals surface area contributed by atoms with E-state index in [9.17, 15) is 0 Å². The van der Waals surface area contributed by atoms with Crippen molar-refractivity contribution >= 4 is 29.5 Å². The standard InChI is InChI=1S/C18H19N3OS/c1-13-9-21(23)18-17(13)7-15(8-19-18)20-10-16(11-20)22-12-14-5-3-2-4-6-14/h2-9,16,23H,10-12H2,1H3. The van der Waals surface area contributed by atoms with Gasteiger partial charge in [-0.2, -0.15) is 0 Å². The van der Waals surface area contributed by atoms with Gasteiger partial charge in [0.15, 0.2) is 0 Å². The van der Waals surface area contributed by atoms with Gasteiger partial charge in [0.2, 0.25) is 0 Å². The first kappa shape index (κ1) is 14.6. The van der Waals surface area contributed by atoms with Crippen LogP contribution in [0.15, 0.2) is 48.8 Å². The fraction of sp³-hybridized carbons (Fsp3) is 0.278. The Morgan fingerprint density at radius 1 is 1.26 bits per heavy atom. The molecule has 0 aliphatic carbocycles. The molecule has 1 aliphatic rings. The van der Waals surface area contributed by atoms with E-state index in [4.69, 9.17) is 4.74 Å². The number of rotatable bonds is 4. The van der Waals surface area contributed by atoms with Crippen LogP contribution in [-0.2, 0) is 11.3 Å².